The van der Waals surface area contributed by atoms with Gasteiger partial charge in [-0.15, -0.1) is 0 Å². The molecule has 1 saturated heterocycles. The van der Waals surface area contributed by atoms with Gasteiger partial charge in [0.05, 0.1) is 11.4 Å². The van der Waals surface area contributed by atoms with E-state index in [1.165, 1.54) is 6.39 Å². The highest BCUT2D eigenvalue weighted by Crippen LogP contribution is 2.34. The number of amides is 1. The van der Waals surface area contributed by atoms with Crippen molar-refractivity contribution in [3.8, 4) is 0 Å². The van der Waals surface area contributed by atoms with Gasteiger partial charge in [0.15, 0.2) is 6.39 Å². The van der Waals surface area contributed by atoms with Gasteiger partial charge in [0.2, 0.25) is 5.76 Å². The largest absolute Gasteiger partial charge is 0.438 e. The number of aromatic nitrogens is 3. The van der Waals surface area contributed by atoms with Crippen LogP contribution < -0.4 is 5.56 Å². The molecule has 1 fully saturated rings. The van der Waals surface area contributed by atoms with Gasteiger partial charge in [-0.2, -0.15) is 0 Å². The van der Waals surface area contributed by atoms with E-state index < -0.39 is 0 Å². The number of aromatic amines is 1. The zero-order chi connectivity index (χ0) is 16.8. The lowest BCUT2D eigenvalue weighted by Crippen LogP contribution is -2.42. The summed E-state index contributed by atoms with van der Waals surface area (Å²) in [6, 6.07) is 0.0795. The first kappa shape index (κ1) is 15.1. The predicted molar refractivity (Wildman–Crippen MR) is 85.9 cm³/mol. The van der Waals surface area contributed by atoms with Gasteiger partial charge in [0, 0.05) is 36.9 Å². The van der Waals surface area contributed by atoms with Crippen LogP contribution in [0.4, 0.5) is 0 Å². The number of hydrogen-bond acceptors (Lipinski definition) is 5. The lowest BCUT2D eigenvalue weighted by atomic mass is 9.98. The van der Waals surface area contributed by atoms with Gasteiger partial charge in [-0.1, -0.05) is 6.92 Å². The minimum absolute atomic E-state index is 0.0172. The van der Waals surface area contributed by atoms with Crippen molar-refractivity contribution in [3.05, 3.63) is 45.3 Å². The number of hydrogen-bond donors (Lipinski definition) is 1. The molecular weight excluding hydrogens is 308 g/mol. The minimum Gasteiger partial charge on any atom is -0.438 e. The van der Waals surface area contributed by atoms with Crippen molar-refractivity contribution < 1.29 is 9.21 Å². The van der Waals surface area contributed by atoms with Crippen LogP contribution in [0.2, 0.25) is 0 Å². The van der Waals surface area contributed by atoms with Gasteiger partial charge in [0.1, 0.15) is 5.82 Å². The van der Waals surface area contributed by atoms with Crippen molar-refractivity contribution in [2.45, 2.75) is 58.0 Å². The molecule has 2 aliphatic heterocycles. The summed E-state index contributed by atoms with van der Waals surface area (Å²) >= 11 is 0. The van der Waals surface area contributed by atoms with Crippen LogP contribution in [0, 0.1) is 6.92 Å². The van der Waals surface area contributed by atoms with Crippen LogP contribution in [0.25, 0.3) is 0 Å². The average Bonchev–Trinajstić information content (AvgIpc) is 3.10. The van der Waals surface area contributed by atoms with Crippen molar-refractivity contribution in [3.63, 3.8) is 0 Å². The smallest absolute Gasteiger partial charge is 0.292 e. The maximum Gasteiger partial charge on any atom is 0.292 e. The van der Waals surface area contributed by atoms with Crippen LogP contribution in [-0.2, 0) is 19.3 Å². The highest BCUT2D eigenvalue weighted by Gasteiger charge is 2.42. The van der Waals surface area contributed by atoms with Gasteiger partial charge in [-0.25, -0.2) is 9.97 Å². The topological polar surface area (TPSA) is 92.1 Å². The third-order valence-electron chi connectivity index (χ3n) is 5.15. The summed E-state index contributed by atoms with van der Waals surface area (Å²) in [5, 5.41) is 0. The molecule has 2 atom stereocenters. The van der Waals surface area contributed by atoms with Crippen molar-refractivity contribution in [2.24, 2.45) is 0 Å². The Labute approximate surface area is 139 Å². The van der Waals surface area contributed by atoms with Crippen LogP contribution >= 0.6 is 0 Å². The summed E-state index contributed by atoms with van der Waals surface area (Å²) in [7, 11) is 0. The second-order valence-electron chi connectivity index (χ2n) is 6.56. The average molecular weight is 328 g/mol. The number of oxazole rings is 1. The molecule has 2 aromatic heterocycles. The van der Waals surface area contributed by atoms with Crippen molar-refractivity contribution in [1.29, 1.82) is 0 Å². The quantitative estimate of drug-likeness (QED) is 0.899. The summed E-state index contributed by atoms with van der Waals surface area (Å²) in [5.74, 6) is 0.881. The second-order valence-corrected chi connectivity index (χ2v) is 6.56. The molecule has 0 aliphatic carbocycles. The Morgan fingerprint density at radius 1 is 1.38 bits per heavy atom. The summed E-state index contributed by atoms with van der Waals surface area (Å²) in [6.07, 6.45) is 5.00. The van der Waals surface area contributed by atoms with Crippen LogP contribution in [0.1, 0.15) is 53.1 Å². The molecule has 2 aromatic rings. The Morgan fingerprint density at radius 2 is 2.12 bits per heavy atom. The molecule has 24 heavy (non-hydrogen) atoms. The number of fused-ring (bicyclic) bond motifs is 3. The first-order valence-electron chi connectivity index (χ1n) is 8.42. The highest BCUT2D eigenvalue weighted by atomic mass is 16.3. The molecular formula is C17H20N4O3. The second kappa shape index (κ2) is 5.58. The maximum atomic E-state index is 12.9. The summed E-state index contributed by atoms with van der Waals surface area (Å²) in [6.45, 7) is 3.74. The molecule has 126 valence electrons. The number of carbonyl (C=O) groups excluding carboxylic acids is 1. The van der Waals surface area contributed by atoms with Crippen LogP contribution in [0.5, 0.6) is 0 Å². The van der Waals surface area contributed by atoms with Gasteiger partial charge < -0.3 is 14.3 Å². The minimum atomic E-state index is -0.127. The fourth-order valence-electron chi connectivity index (χ4n) is 3.92. The highest BCUT2D eigenvalue weighted by molar-refractivity contribution is 5.93. The van der Waals surface area contributed by atoms with Crippen LogP contribution in [-0.4, -0.2) is 37.8 Å². The van der Waals surface area contributed by atoms with E-state index in [0.29, 0.717) is 36.5 Å². The van der Waals surface area contributed by atoms with E-state index in [0.717, 1.165) is 24.1 Å². The van der Waals surface area contributed by atoms with E-state index in [1.54, 1.807) is 6.92 Å². The first-order valence-corrected chi connectivity index (χ1v) is 8.42. The fraction of sp³-hybridized carbons (Fsp3) is 0.529. The molecule has 2 bridgehead atoms. The summed E-state index contributed by atoms with van der Waals surface area (Å²) in [5.41, 5.74) is 2.11. The number of H-pyrrole nitrogens is 1. The molecule has 0 radical (unpaired) electrons. The zero-order valence-electron chi connectivity index (χ0n) is 13.8. The number of carbonyl (C=O) groups is 1. The molecule has 2 aliphatic rings. The Morgan fingerprint density at radius 3 is 2.79 bits per heavy atom. The lowest BCUT2D eigenvalue weighted by molar-refractivity contribution is 0.0639. The summed E-state index contributed by atoms with van der Waals surface area (Å²) in [4.78, 5) is 38.7. The third-order valence-corrected chi connectivity index (χ3v) is 5.15. The number of nitrogens with zero attached hydrogens (tertiary/aromatic N) is 3. The third kappa shape index (κ3) is 2.26. The lowest BCUT2D eigenvalue weighted by Gasteiger charge is -2.27. The van der Waals surface area contributed by atoms with Crippen LogP contribution in [0.3, 0.4) is 0 Å². The Hall–Kier alpha value is -2.44. The van der Waals surface area contributed by atoms with Gasteiger partial charge in [0.25, 0.3) is 11.5 Å². The van der Waals surface area contributed by atoms with Crippen molar-refractivity contribution in [2.75, 3.05) is 0 Å². The fourth-order valence-corrected chi connectivity index (χ4v) is 3.92. The Kier molecular flexibility index (Phi) is 3.51. The standard InChI is InChI=1S/C17H20N4O3/c1-3-14-19-13-7-11-5-4-10(6-12(13)16(22)20-14)21(11)17(23)15-9(2)18-8-24-15/h8,10-11H,3-7H2,1-2H3,(H,19,20,22)/t10-,11+/m1/s1. The molecule has 7 heteroatoms. The van der Waals surface area contributed by atoms with Crippen molar-refractivity contribution in [1.82, 2.24) is 19.9 Å². The molecule has 1 amide bonds. The van der Waals surface area contributed by atoms with Crippen LogP contribution in [0.15, 0.2) is 15.6 Å². The molecule has 4 heterocycles. The first-order chi connectivity index (χ1) is 11.6. The SMILES string of the molecule is CCc1nc2c(c(=O)[nH]1)C[C@H]1CC[C@@H](C2)N1C(=O)c1ocnc1C. The van der Waals surface area contributed by atoms with E-state index in [-0.39, 0.29) is 23.6 Å². The van der Waals surface area contributed by atoms with Crippen molar-refractivity contribution >= 4 is 5.91 Å². The van der Waals surface area contributed by atoms with Gasteiger partial charge >= 0.3 is 0 Å². The Balaban J connectivity index is 1.72. The number of aryl methyl sites for hydroxylation is 2. The molecule has 0 aromatic carbocycles. The zero-order valence-corrected chi connectivity index (χ0v) is 13.8. The Bertz CT molecular complexity index is 854. The number of nitrogens with one attached hydrogen (secondary N) is 1. The van der Waals surface area contributed by atoms with E-state index in [2.05, 4.69) is 15.0 Å². The molecule has 0 unspecified atom stereocenters. The van der Waals surface area contributed by atoms with Gasteiger partial charge in [-0.3, -0.25) is 9.59 Å². The molecule has 0 saturated carbocycles. The maximum absolute atomic E-state index is 12.9. The molecule has 1 N–H and O–H groups in total. The van der Waals surface area contributed by atoms with E-state index in [9.17, 15) is 9.59 Å². The summed E-state index contributed by atoms with van der Waals surface area (Å²) < 4.78 is 5.30. The molecule has 0 spiro atoms. The molecule has 7 nitrogen and oxygen atoms in total. The normalized spacial score (nSPS) is 22.3. The number of rotatable bonds is 2. The van der Waals surface area contributed by atoms with E-state index in [4.69, 9.17) is 4.42 Å². The van der Waals surface area contributed by atoms with E-state index >= 15 is 0 Å². The van der Waals surface area contributed by atoms with E-state index in [1.807, 2.05) is 11.8 Å². The monoisotopic (exact) mass is 328 g/mol. The predicted octanol–water partition coefficient (Wildman–Crippen LogP) is 1.40. The molecule has 4 rings (SSSR count). The van der Waals surface area contributed by atoms with Gasteiger partial charge in [-0.05, 0) is 19.8 Å².